The predicted octanol–water partition coefficient (Wildman–Crippen LogP) is 5.07. The number of rotatable bonds is 3. The van der Waals surface area contributed by atoms with E-state index < -0.39 is 0 Å². The molecule has 0 saturated carbocycles. The lowest BCUT2D eigenvalue weighted by atomic mass is 9.88. The van der Waals surface area contributed by atoms with Crippen molar-refractivity contribution >= 4 is 16.8 Å². The number of aromatic nitrogens is 1. The number of carbonyl (C=O) groups excluding carboxylic acids is 1. The summed E-state index contributed by atoms with van der Waals surface area (Å²) in [5.74, 6) is -0.0572. The van der Waals surface area contributed by atoms with E-state index >= 15 is 0 Å². The molecule has 2 aromatic carbocycles. The van der Waals surface area contributed by atoms with Gasteiger partial charge in [0.05, 0.1) is 16.8 Å². The SMILES string of the molecule is CC(NC(=O)c1cc(-c2ccccc2)nc2ccccc12)C(C)(C)C. The van der Waals surface area contributed by atoms with Gasteiger partial charge in [-0.3, -0.25) is 4.79 Å². The number of nitrogens with one attached hydrogen (secondary N) is 1. The van der Waals surface area contributed by atoms with Gasteiger partial charge in [-0.25, -0.2) is 4.98 Å². The van der Waals surface area contributed by atoms with Crippen LogP contribution >= 0.6 is 0 Å². The van der Waals surface area contributed by atoms with Crippen molar-refractivity contribution in [3.05, 3.63) is 66.2 Å². The fourth-order valence-electron chi connectivity index (χ4n) is 2.61. The van der Waals surface area contributed by atoms with Gasteiger partial charge in [-0.05, 0) is 24.5 Å². The number of fused-ring (bicyclic) bond motifs is 1. The standard InChI is InChI=1S/C22H24N2O/c1-15(22(2,3)4)23-21(25)18-14-20(16-10-6-5-7-11-16)24-19-13-9-8-12-17(18)19/h5-15H,1-4H3,(H,23,25). The Morgan fingerprint density at radius 1 is 1.00 bits per heavy atom. The summed E-state index contributed by atoms with van der Waals surface area (Å²) in [6.45, 7) is 8.41. The Hall–Kier alpha value is -2.68. The van der Waals surface area contributed by atoms with Crippen LogP contribution in [0.15, 0.2) is 60.7 Å². The fourth-order valence-corrected chi connectivity index (χ4v) is 2.61. The lowest BCUT2D eigenvalue weighted by Crippen LogP contribution is -2.41. The Morgan fingerprint density at radius 2 is 1.64 bits per heavy atom. The lowest BCUT2D eigenvalue weighted by molar-refractivity contribution is 0.0912. The van der Waals surface area contributed by atoms with E-state index in [2.05, 4.69) is 26.1 Å². The smallest absolute Gasteiger partial charge is 0.252 e. The number of benzene rings is 2. The predicted molar refractivity (Wildman–Crippen MR) is 104 cm³/mol. The monoisotopic (exact) mass is 332 g/mol. The zero-order valence-electron chi connectivity index (χ0n) is 15.2. The number of pyridine rings is 1. The highest BCUT2D eigenvalue weighted by Crippen LogP contribution is 2.26. The first-order valence-corrected chi connectivity index (χ1v) is 8.62. The number of carbonyl (C=O) groups is 1. The van der Waals surface area contributed by atoms with Crippen LogP contribution in [0.5, 0.6) is 0 Å². The van der Waals surface area contributed by atoms with E-state index in [1.54, 1.807) is 0 Å². The van der Waals surface area contributed by atoms with Crippen LogP contribution in [0, 0.1) is 5.41 Å². The quantitative estimate of drug-likeness (QED) is 0.728. The van der Waals surface area contributed by atoms with Gasteiger partial charge in [0.15, 0.2) is 0 Å². The van der Waals surface area contributed by atoms with Gasteiger partial charge in [-0.2, -0.15) is 0 Å². The summed E-state index contributed by atoms with van der Waals surface area (Å²) in [5, 5.41) is 4.02. The molecule has 0 fully saturated rings. The molecule has 0 saturated heterocycles. The summed E-state index contributed by atoms with van der Waals surface area (Å²) in [4.78, 5) is 17.7. The zero-order chi connectivity index (χ0) is 18.0. The van der Waals surface area contributed by atoms with Crippen molar-refractivity contribution in [3.8, 4) is 11.3 Å². The molecule has 1 aromatic heterocycles. The van der Waals surface area contributed by atoms with Crippen LogP contribution in [0.4, 0.5) is 0 Å². The van der Waals surface area contributed by atoms with Crippen molar-refractivity contribution in [2.75, 3.05) is 0 Å². The molecule has 3 nitrogen and oxygen atoms in total. The Balaban J connectivity index is 2.08. The van der Waals surface area contributed by atoms with Crippen molar-refractivity contribution in [3.63, 3.8) is 0 Å². The first kappa shape index (κ1) is 17.2. The number of amides is 1. The number of para-hydroxylation sites is 1. The van der Waals surface area contributed by atoms with Crippen molar-refractivity contribution in [1.29, 1.82) is 0 Å². The summed E-state index contributed by atoms with van der Waals surface area (Å²) >= 11 is 0. The maximum Gasteiger partial charge on any atom is 0.252 e. The molecule has 1 N–H and O–H groups in total. The summed E-state index contributed by atoms with van der Waals surface area (Å²) in [7, 11) is 0. The summed E-state index contributed by atoms with van der Waals surface area (Å²) in [6, 6.07) is 19.7. The molecular formula is C22H24N2O. The van der Waals surface area contributed by atoms with Crippen LogP contribution < -0.4 is 5.32 Å². The maximum absolute atomic E-state index is 13.0. The molecule has 1 amide bonds. The van der Waals surface area contributed by atoms with Gasteiger partial charge in [-0.15, -0.1) is 0 Å². The van der Waals surface area contributed by atoms with Gasteiger partial charge >= 0.3 is 0 Å². The summed E-state index contributed by atoms with van der Waals surface area (Å²) in [6.07, 6.45) is 0. The molecule has 3 rings (SSSR count). The summed E-state index contributed by atoms with van der Waals surface area (Å²) < 4.78 is 0. The minimum Gasteiger partial charge on any atom is -0.349 e. The Labute approximate surface area is 149 Å². The molecule has 1 heterocycles. The second-order valence-electron chi connectivity index (χ2n) is 7.50. The van der Waals surface area contributed by atoms with Crippen molar-refractivity contribution in [2.45, 2.75) is 33.7 Å². The first-order valence-electron chi connectivity index (χ1n) is 8.62. The van der Waals surface area contributed by atoms with Crippen LogP contribution in [0.2, 0.25) is 0 Å². The molecule has 0 aliphatic carbocycles. The molecule has 25 heavy (non-hydrogen) atoms. The van der Waals surface area contributed by atoms with Crippen LogP contribution in [-0.4, -0.2) is 16.9 Å². The minimum atomic E-state index is -0.0572. The van der Waals surface area contributed by atoms with E-state index in [0.29, 0.717) is 5.56 Å². The lowest BCUT2D eigenvalue weighted by Gasteiger charge is -2.28. The number of nitrogens with zero attached hydrogens (tertiary/aromatic N) is 1. The average molecular weight is 332 g/mol. The molecule has 1 atom stereocenters. The molecule has 0 bridgehead atoms. The summed E-state index contributed by atoms with van der Waals surface area (Å²) in [5.41, 5.74) is 3.32. The van der Waals surface area contributed by atoms with E-state index in [9.17, 15) is 4.79 Å². The Morgan fingerprint density at radius 3 is 2.32 bits per heavy atom. The zero-order valence-corrected chi connectivity index (χ0v) is 15.2. The highest BCUT2D eigenvalue weighted by atomic mass is 16.1. The van der Waals surface area contributed by atoms with Gasteiger partial charge in [0.25, 0.3) is 5.91 Å². The average Bonchev–Trinajstić information content (AvgIpc) is 2.60. The van der Waals surface area contributed by atoms with E-state index in [1.165, 1.54) is 0 Å². The van der Waals surface area contributed by atoms with Crippen molar-refractivity contribution in [1.82, 2.24) is 10.3 Å². The molecule has 3 heteroatoms. The molecule has 0 aliphatic heterocycles. The van der Waals surface area contributed by atoms with Gasteiger partial charge in [0.2, 0.25) is 0 Å². The number of hydrogen-bond acceptors (Lipinski definition) is 2. The Kier molecular flexibility index (Phi) is 4.58. The third-order valence-electron chi connectivity index (χ3n) is 4.68. The maximum atomic E-state index is 13.0. The minimum absolute atomic E-state index is 0.000748. The second-order valence-corrected chi connectivity index (χ2v) is 7.50. The van der Waals surface area contributed by atoms with Gasteiger partial charge in [0, 0.05) is 17.0 Å². The molecule has 3 aromatic rings. The highest BCUT2D eigenvalue weighted by molar-refractivity contribution is 6.07. The van der Waals surface area contributed by atoms with Gasteiger partial charge in [-0.1, -0.05) is 69.3 Å². The molecule has 0 aliphatic rings. The normalized spacial score (nSPS) is 12.8. The van der Waals surface area contributed by atoms with Crippen LogP contribution in [-0.2, 0) is 0 Å². The highest BCUT2D eigenvalue weighted by Gasteiger charge is 2.23. The third kappa shape index (κ3) is 3.71. The van der Waals surface area contributed by atoms with E-state index in [4.69, 9.17) is 4.98 Å². The molecule has 0 spiro atoms. The fraction of sp³-hybridized carbons (Fsp3) is 0.273. The van der Waals surface area contributed by atoms with Crippen LogP contribution in [0.1, 0.15) is 38.1 Å². The molecule has 128 valence electrons. The largest absolute Gasteiger partial charge is 0.349 e. The number of hydrogen-bond donors (Lipinski definition) is 1. The van der Waals surface area contributed by atoms with E-state index in [-0.39, 0.29) is 17.4 Å². The van der Waals surface area contributed by atoms with E-state index in [1.807, 2.05) is 67.6 Å². The van der Waals surface area contributed by atoms with Crippen molar-refractivity contribution in [2.24, 2.45) is 5.41 Å². The van der Waals surface area contributed by atoms with Gasteiger partial charge in [0.1, 0.15) is 0 Å². The van der Waals surface area contributed by atoms with Crippen molar-refractivity contribution < 1.29 is 4.79 Å². The molecule has 1 unspecified atom stereocenters. The second kappa shape index (κ2) is 6.67. The van der Waals surface area contributed by atoms with Crippen LogP contribution in [0.3, 0.4) is 0 Å². The topological polar surface area (TPSA) is 42.0 Å². The van der Waals surface area contributed by atoms with Gasteiger partial charge < -0.3 is 5.32 Å². The van der Waals surface area contributed by atoms with E-state index in [0.717, 1.165) is 22.2 Å². The molecular weight excluding hydrogens is 308 g/mol. The Bertz CT molecular complexity index is 895. The first-order chi connectivity index (χ1) is 11.9. The van der Waals surface area contributed by atoms with Crippen LogP contribution in [0.25, 0.3) is 22.2 Å². The third-order valence-corrected chi connectivity index (χ3v) is 4.68. The molecule has 0 radical (unpaired) electrons.